The van der Waals surface area contributed by atoms with E-state index in [0.717, 1.165) is 58.2 Å². The molecule has 4 aromatic carbocycles. The Bertz CT molecular complexity index is 1460. The van der Waals surface area contributed by atoms with Crippen molar-refractivity contribution in [3.63, 3.8) is 0 Å². The molecule has 4 aromatic rings. The number of hydrogen-bond acceptors (Lipinski definition) is 5. The summed E-state index contributed by atoms with van der Waals surface area (Å²) in [5.41, 5.74) is 11.4. The van der Waals surface area contributed by atoms with Crippen LogP contribution in [0.2, 0.25) is 0 Å². The smallest absolute Gasteiger partial charge is 0.127 e. The molecule has 5 heteroatoms. The van der Waals surface area contributed by atoms with Gasteiger partial charge in [0.25, 0.3) is 0 Å². The molecule has 2 atom stereocenters. The summed E-state index contributed by atoms with van der Waals surface area (Å²) >= 11 is 0. The van der Waals surface area contributed by atoms with E-state index in [-0.39, 0.29) is 0 Å². The minimum Gasteiger partial charge on any atom is -0.457 e. The van der Waals surface area contributed by atoms with Gasteiger partial charge in [-0.2, -0.15) is 0 Å². The van der Waals surface area contributed by atoms with Crippen molar-refractivity contribution in [3.8, 4) is 11.5 Å². The summed E-state index contributed by atoms with van der Waals surface area (Å²) in [4.78, 5) is 0. The minimum atomic E-state index is 0.446. The van der Waals surface area contributed by atoms with Crippen LogP contribution in [0.5, 0.6) is 11.5 Å². The molecule has 0 heterocycles. The van der Waals surface area contributed by atoms with Crippen molar-refractivity contribution in [2.45, 2.75) is 94.2 Å². The van der Waals surface area contributed by atoms with Crippen LogP contribution in [0.1, 0.15) is 76.6 Å². The highest BCUT2D eigenvalue weighted by Crippen LogP contribution is 2.32. The standard InChI is InChI=1S/C40H54N4O/c1-25(2)19-31(9)41-37-15-11-33(21-27(37)5)43-39-17-13-35(23-29(39)7)45-36-14-18-40(30(8)24-36)44-34-12-16-38(28(6)22-34)42-32(10)20-26(3)4/h11-18,21-26,31-32,41-44H,19-20H2,1-10H3. The number of ether oxygens (including phenoxy) is 1. The van der Waals surface area contributed by atoms with Gasteiger partial charge in [-0.3, -0.25) is 0 Å². The Morgan fingerprint density at radius 2 is 0.822 bits per heavy atom. The van der Waals surface area contributed by atoms with E-state index < -0.39 is 0 Å². The normalized spacial score (nSPS) is 12.6. The van der Waals surface area contributed by atoms with Crippen LogP contribution in [0, 0.1) is 39.5 Å². The highest BCUT2D eigenvalue weighted by molar-refractivity contribution is 5.69. The molecule has 4 rings (SSSR count). The fraction of sp³-hybridized carbons (Fsp3) is 0.400. The monoisotopic (exact) mass is 606 g/mol. The van der Waals surface area contributed by atoms with Crippen molar-refractivity contribution in [3.05, 3.63) is 95.1 Å². The molecule has 0 spiro atoms. The second-order valence-electron chi connectivity index (χ2n) is 13.7. The molecule has 5 nitrogen and oxygen atoms in total. The lowest BCUT2D eigenvalue weighted by Crippen LogP contribution is -2.18. The first-order valence-corrected chi connectivity index (χ1v) is 16.5. The van der Waals surface area contributed by atoms with E-state index in [4.69, 9.17) is 4.74 Å². The summed E-state index contributed by atoms with van der Waals surface area (Å²) in [6, 6.07) is 26.3. The van der Waals surface area contributed by atoms with Crippen LogP contribution >= 0.6 is 0 Å². The van der Waals surface area contributed by atoms with Crippen LogP contribution in [-0.4, -0.2) is 12.1 Å². The van der Waals surface area contributed by atoms with Crippen molar-refractivity contribution in [1.82, 2.24) is 0 Å². The summed E-state index contributed by atoms with van der Waals surface area (Å²) in [6.07, 6.45) is 2.30. The molecule has 0 aliphatic heterocycles. The first-order chi connectivity index (χ1) is 21.4. The van der Waals surface area contributed by atoms with Crippen molar-refractivity contribution >= 4 is 34.1 Å². The number of benzene rings is 4. The van der Waals surface area contributed by atoms with Gasteiger partial charge in [-0.25, -0.2) is 0 Å². The molecule has 4 N–H and O–H groups in total. The summed E-state index contributed by atoms with van der Waals surface area (Å²) in [5, 5.41) is 14.5. The maximum Gasteiger partial charge on any atom is 0.127 e. The Kier molecular flexibility index (Phi) is 11.4. The lowest BCUT2D eigenvalue weighted by Gasteiger charge is -2.20. The highest BCUT2D eigenvalue weighted by atomic mass is 16.5. The van der Waals surface area contributed by atoms with Gasteiger partial charge in [-0.1, -0.05) is 27.7 Å². The summed E-state index contributed by atoms with van der Waals surface area (Å²) in [6.45, 7) is 22.1. The fourth-order valence-electron chi connectivity index (χ4n) is 6.00. The van der Waals surface area contributed by atoms with Crippen LogP contribution in [0.15, 0.2) is 72.8 Å². The van der Waals surface area contributed by atoms with Crippen LogP contribution in [-0.2, 0) is 0 Å². The van der Waals surface area contributed by atoms with Crippen LogP contribution in [0.4, 0.5) is 34.1 Å². The SMILES string of the molecule is Cc1cc(Oc2ccc(Nc3ccc(NC(C)CC(C)C)c(C)c3)c(C)c2)ccc1Nc1ccc(NC(C)CC(C)C)c(C)c1. The van der Waals surface area contributed by atoms with Crippen LogP contribution < -0.4 is 26.0 Å². The van der Waals surface area contributed by atoms with Gasteiger partial charge in [0.2, 0.25) is 0 Å². The van der Waals surface area contributed by atoms with E-state index in [2.05, 4.69) is 151 Å². The summed E-state index contributed by atoms with van der Waals surface area (Å²) in [5.74, 6) is 2.98. The molecule has 0 saturated heterocycles. The molecule has 0 aromatic heterocycles. The number of rotatable bonds is 14. The lowest BCUT2D eigenvalue weighted by molar-refractivity contribution is 0.482. The second kappa shape index (κ2) is 15.2. The maximum absolute atomic E-state index is 6.28. The van der Waals surface area contributed by atoms with Crippen LogP contribution in [0.25, 0.3) is 0 Å². The van der Waals surface area contributed by atoms with Gasteiger partial charge in [0.1, 0.15) is 11.5 Å². The highest BCUT2D eigenvalue weighted by Gasteiger charge is 2.11. The molecule has 0 amide bonds. The number of nitrogens with one attached hydrogen (secondary N) is 4. The molecular formula is C40H54N4O. The van der Waals surface area contributed by atoms with E-state index in [1.54, 1.807) is 0 Å². The largest absolute Gasteiger partial charge is 0.457 e. The Labute approximate surface area is 272 Å². The molecule has 0 bridgehead atoms. The van der Waals surface area contributed by atoms with Gasteiger partial charge in [-0.05, 0) is 161 Å². The van der Waals surface area contributed by atoms with Gasteiger partial charge < -0.3 is 26.0 Å². The fourth-order valence-corrected chi connectivity index (χ4v) is 6.00. The van der Waals surface area contributed by atoms with E-state index >= 15 is 0 Å². The van der Waals surface area contributed by atoms with E-state index in [0.29, 0.717) is 23.9 Å². The third-order valence-corrected chi connectivity index (χ3v) is 8.10. The quantitative estimate of drug-likeness (QED) is 0.115. The van der Waals surface area contributed by atoms with Crippen molar-refractivity contribution in [1.29, 1.82) is 0 Å². The van der Waals surface area contributed by atoms with Gasteiger partial charge in [-0.15, -0.1) is 0 Å². The van der Waals surface area contributed by atoms with Crippen molar-refractivity contribution in [2.75, 3.05) is 21.3 Å². The van der Waals surface area contributed by atoms with E-state index in [9.17, 15) is 0 Å². The number of anilines is 6. The zero-order chi connectivity index (χ0) is 32.7. The molecule has 0 aliphatic carbocycles. The van der Waals surface area contributed by atoms with Crippen molar-refractivity contribution < 1.29 is 4.74 Å². The Morgan fingerprint density at radius 1 is 0.467 bits per heavy atom. The Hall–Kier alpha value is -4.12. The predicted octanol–water partition coefficient (Wildman–Crippen LogP) is 11.9. The summed E-state index contributed by atoms with van der Waals surface area (Å²) < 4.78 is 6.28. The van der Waals surface area contributed by atoms with E-state index in [1.807, 2.05) is 12.1 Å². The van der Waals surface area contributed by atoms with Crippen molar-refractivity contribution in [2.24, 2.45) is 11.8 Å². The molecule has 0 saturated carbocycles. The minimum absolute atomic E-state index is 0.446. The van der Waals surface area contributed by atoms with Gasteiger partial charge in [0.15, 0.2) is 0 Å². The van der Waals surface area contributed by atoms with Gasteiger partial charge in [0.05, 0.1) is 0 Å². The summed E-state index contributed by atoms with van der Waals surface area (Å²) in [7, 11) is 0. The molecule has 240 valence electrons. The molecule has 45 heavy (non-hydrogen) atoms. The van der Waals surface area contributed by atoms with Gasteiger partial charge >= 0.3 is 0 Å². The first-order valence-electron chi connectivity index (χ1n) is 16.5. The zero-order valence-corrected chi connectivity index (χ0v) is 29.1. The Morgan fingerprint density at radius 3 is 1.16 bits per heavy atom. The molecule has 0 radical (unpaired) electrons. The number of aryl methyl sites for hydroxylation is 4. The Balaban J connectivity index is 1.36. The van der Waals surface area contributed by atoms with Crippen LogP contribution in [0.3, 0.4) is 0 Å². The number of hydrogen-bond donors (Lipinski definition) is 4. The third-order valence-electron chi connectivity index (χ3n) is 8.10. The van der Waals surface area contributed by atoms with E-state index in [1.165, 1.54) is 22.5 Å². The molecule has 0 fully saturated rings. The predicted molar refractivity (Wildman–Crippen MR) is 196 cm³/mol. The zero-order valence-electron chi connectivity index (χ0n) is 29.1. The first kappa shape index (κ1) is 33.8. The lowest BCUT2D eigenvalue weighted by atomic mass is 10.0. The topological polar surface area (TPSA) is 57.4 Å². The average Bonchev–Trinajstić information content (AvgIpc) is 2.94. The van der Waals surface area contributed by atoms with Gasteiger partial charge in [0, 0.05) is 46.2 Å². The second-order valence-corrected chi connectivity index (χ2v) is 13.7. The molecule has 0 aliphatic rings. The molecular weight excluding hydrogens is 552 g/mol. The maximum atomic E-state index is 6.28. The average molecular weight is 607 g/mol. The third kappa shape index (κ3) is 9.94. The molecule has 2 unspecified atom stereocenters.